The molecule has 4 rings (SSSR count). The monoisotopic (exact) mass is 383 g/mol. The first-order chi connectivity index (χ1) is 13.1. The van der Waals surface area contributed by atoms with Crippen LogP contribution in [0, 0.1) is 12.7 Å². The summed E-state index contributed by atoms with van der Waals surface area (Å²) in [5.74, 6) is 0.709. The van der Waals surface area contributed by atoms with Crippen molar-refractivity contribution in [3.8, 4) is 11.6 Å². The van der Waals surface area contributed by atoms with Gasteiger partial charge in [-0.15, -0.1) is 11.8 Å². The Kier molecular flexibility index (Phi) is 4.70. The Labute approximate surface area is 160 Å². The van der Waals surface area contributed by atoms with Gasteiger partial charge in [-0.2, -0.15) is 0 Å². The number of halogens is 1. The summed E-state index contributed by atoms with van der Waals surface area (Å²) in [6.07, 6.45) is 4.23. The molecule has 0 radical (unpaired) electrons. The van der Waals surface area contributed by atoms with E-state index >= 15 is 0 Å². The number of benzene rings is 1. The van der Waals surface area contributed by atoms with Gasteiger partial charge in [0.15, 0.2) is 11.6 Å². The summed E-state index contributed by atoms with van der Waals surface area (Å²) in [6, 6.07) is 10.1. The highest BCUT2D eigenvalue weighted by Gasteiger charge is 2.40. The molecular formula is C20H18FN3O2S. The second-order valence-electron chi connectivity index (χ2n) is 6.47. The minimum Gasteiger partial charge on any atom is -0.461 e. The van der Waals surface area contributed by atoms with Crippen LogP contribution in [0.1, 0.15) is 34.0 Å². The van der Waals surface area contributed by atoms with Gasteiger partial charge in [-0.25, -0.2) is 14.4 Å². The highest BCUT2D eigenvalue weighted by molar-refractivity contribution is 7.98. The van der Waals surface area contributed by atoms with Crippen LogP contribution in [0.25, 0.3) is 11.6 Å². The molecule has 0 saturated heterocycles. The number of furan rings is 1. The van der Waals surface area contributed by atoms with Crippen LogP contribution in [0.15, 0.2) is 52.1 Å². The second kappa shape index (κ2) is 7.15. The van der Waals surface area contributed by atoms with E-state index in [1.807, 2.05) is 12.3 Å². The number of nitrogens with zero attached hydrogens (tertiary/aromatic N) is 2. The van der Waals surface area contributed by atoms with Gasteiger partial charge in [0.2, 0.25) is 0 Å². The number of thioether (sulfide) groups is 1. The van der Waals surface area contributed by atoms with Crippen molar-refractivity contribution in [3.63, 3.8) is 0 Å². The number of amides is 1. The van der Waals surface area contributed by atoms with Crippen molar-refractivity contribution in [2.75, 3.05) is 6.26 Å². The highest BCUT2D eigenvalue weighted by Crippen LogP contribution is 2.41. The topological polar surface area (TPSA) is 68.0 Å². The maximum atomic E-state index is 13.4. The van der Waals surface area contributed by atoms with Crippen LogP contribution in [0.5, 0.6) is 0 Å². The normalized spacial score (nSPS) is 18.3. The van der Waals surface area contributed by atoms with E-state index in [4.69, 9.17) is 4.42 Å². The van der Waals surface area contributed by atoms with E-state index in [9.17, 15) is 9.18 Å². The van der Waals surface area contributed by atoms with E-state index in [0.29, 0.717) is 27.9 Å². The molecule has 5 nitrogen and oxygen atoms in total. The molecule has 1 aliphatic carbocycles. The van der Waals surface area contributed by atoms with Gasteiger partial charge in [-0.3, -0.25) is 4.79 Å². The second-order valence-corrected chi connectivity index (χ2v) is 7.27. The average molecular weight is 383 g/mol. The quantitative estimate of drug-likeness (QED) is 0.528. The fraction of sp³-hybridized carbons (Fsp3) is 0.250. The first-order valence-electron chi connectivity index (χ1n) is 8.59. The largest absolute Gasteiger partial charge is 0.461 e. The Morgan fingerprint density at radius 3 is 2.85 bits per heavy atom. The summed E-state index contributed by atoms with van der Waals surface area (Å²) in [5.41, 5.74) is 1.98. The smallest absolute Gasteiger partial charge is 0.256 e. The number of rotatable bonds is 5. The van der Waals surface area contributed by atoms with Crippen molar-refractivity contribution < 1.29 is 13.6 Å². The molecule has 1 amide bonds. The molecule has 0 spiro atoms. The molecule has 1 fully saturated rings. The average Bonchev–Trinajstić information content (AvgIpc) is 3.19. The molecular weight excluding hydrogens is 365 g/mol. The molecule has 2 aromatic heterocycles. The lowest BCUT2D eigenvalue weighted by atomic mass is 10.1. The maximum Gasteiger partial charge on any atom is 0.256 e. The van der Waals surface area contributed by atoms with Crippen LogP contribution in [-0.4, -0.2) is 28.2 Å². The lowest BCUT2D eigenvalue weighted by molar-refractivity contribution is 0.0945. The molecule has 2 atom stereocenters. The van der Waals surface area contributed by atoms with Gasteiger partial charge >= 0.3 is 0 Å². The van der Waals surface area contributed by atoms with Crippen LogP contribution in [0.2, 0.25) is 0 Å². The Bertz CT molecular complexity index is 991. The molecule has 138 valence electrons. The molecule has 7 heteroatoms. The molecule has 3 aromatic rings. The third-order valence-corrected chi connectivity index (χ3v) is 5.28. The number of carbonyl (C=O) groups is 1. The predicted octanol–water partition coefficient (Wildman–Crippen LogP) is 4.19. The first-order valence-corrected chi connectivity index (χ1v) is 9.82. The van der Waals surface area contributed by atoms with Crippen molar-refractivity contribution in [1.82, 2.24) is 15.3 Å². The Morgan fingerprint density at radius 1 is 1.30 bits per heavy atom. The number of hydrogen-bond acceptors (Lipinski definition) is 5. The SMILES string of the molecule is CSc1nc(-c2ccco2)nc(C)c1C(=O)N[C@H]1C[C@H]1c1cccc(F)c1. The molecule has 1 N–H and O–H groups in total. The minimum absolute atomic E-state index is 0.00171. The van der Waals surface area contributed by atoms with E-state index in [-0.39, 0.29) is 23.7 Å². The zero-order valence-corrected chi connectivity index (χ0v) is 15.7. The van der Waals surface area contributed by atoms with Gasteiger partial charge in [-0.1, -0.05) is 12.1 Å². The predicted molar refractivity (Wildman–Crippen MR) is 101 cm³/mol. The van der Waals surface area contributed by atoms with Gasteiger partial charge in [0, 0.05) is 12.0 Å². The number of carbonyl (C=O) groups excluding carboxylic acids is 1. The molecule has 0 aliphatic heterocycles. The third kappa shape index (κ3) is 3.60. The molecule has 1 aromatic carbocycles. The fourth-order valence-corrected chi connectivity index (χ4v) is 3.79. The molecule has 1 aliphatic rings. The summed E-state index contributed by atoms with van der Waals surface area (Å²) in [6.45, 7) is 1.79. The van der Waals surface area contributed by atoms with Crippen LogP contribution >= 0.6 is 11.8 Å². The van der Waals surface area contributed by atoms with Crippen LogP contribution in [-0.2, 0) is 0 Å². The molecule has 0 bridgehead atoms. The van der Waals surface area contributed by atoms with Crippen LogP contribution < -0.4 is 5.32 Å². The first kappa shape index (κ1) is 17.7. The minimum atomic E-state index is -0.257. The van der Waals surface area contributed by atoms with Crippen molar-refractivity contribution in [1.29, 1.82) is 0 Å². The lowest BCUT2D eigenvalue weighted by Gasteiger charge is -2.11. The summed E-state index contributed by atoms with van der Waals surface area (Å²) in [7, 11) is 0. The van der Waals surface area contributed by atoms with Gasteiger partial charge in [0.25, 0.3) is 5.91 Å². The number of hydrogen-bond donors (Lipinski definition) is 1. The third-order valence-electron chi connectivity index (χ3n) is 4.60. The molecule has 0 unspecified atom stereocenters. The van der Waals surface area contributed by atoms with E-state index in [1.54, 1.807) is 31.4 Å². The zero-order valence-electron chi connectivity index (χ0n) is 14.9. The highest BCUT2D eigenvalue weighted by atomic mass is 32.2. The summed E-state index contributed by atoms with van der Waals surface area (Å²) in [5, 5.41) is 3.64. The van der Waals surface area contributed by atoms with Crippen molar-refractivity contribution in [3.05, 3.63) is 65.3 Å². The van der Waals surface area contributed by atoms with E-state index in [0.717, 1.165) is 12.0 Å². The summed E-state index contributed by atoms with van der Waals surface area (Å²) >= 11 is 1.39. The van der Waals surface area contributed by atoms with Crippen LogP contribution in [0.3, 0.4) is 0 Å². The zero-order chi connectivity index (χ0) is 19.0. The van der Waals surface area contributed by atoms with Gasteiger partial charge < -0.3 is 9.73 Å². The van der Waals surface area contributed by atoms with Crippen molar-refractivity contribution >= 4 is 17.7 Å². The Hall–Kier alpha value is -2.67. The molecule has 27 heavy (non-hydrogen) atoms. The number of aromatic nitrogens is 2. The lowest BCUT2D eigenvalue weighted by Crippen LogP contribution is -2.28. The fourth-order valence-electron chi connectivity index (χ4n) is 3.17. The number of nitrogens with one attached hydrogen (secondary N) is 1. The van der Waals surface area contributed by atoms with Gasteiger partial charge in [-0.05, 0) is 49.4 Å². The van der Waals surface area contributed by atoms with Gasteiger partial charge in [0.1, 0.15) is 10.8 Å². The number of aryl methyl sites for hydroxylation is 1. The standard InChI is InChI=1S/C20H18FN3O2S/c1-11-17(20(27-2)24-18(22-11)16-7-4-8-26-16)19(25)23-15-10-14(15)12-5-3-6-13(21)9-12/h3-9,14-15H,10H2,1-2H3,(H,23,25)/t14-,15-/m0/s1. The van der Waals surface area contributed by atoms with Crippen molar-refractivity contribution in [2.45, 2.75) is 30.3 Å². The van der Waals surface area contributed by atoms with E-state index < -0.39 is 0 Å². The van der Waals surface area contributed by atoms with E-state index in [2.05, 4.69) is 15.3 Å². The Morgan fingerprint density at radius 2 is 2.15 bits per heavy atom. The summed E-state index contributed by atoms with van der Waals surface area (Å²) < 4.78 is 18.8. The van der Waals surface area contributed by atoms with Crippen LogP contribution in [0.4, 0.5) is 4.39 Å². The maximum absolute atomic E-state index is 13.4. The summed E-state index contributed by atoms with van der Waals surface area (Å²) in [4.78, 5) is 21.7. The molecule has 2 heterocycles. The van der Waals surface area contributed by atoms with Gasteiger partial charge in [0.05, 0.1) is 17.5 Å². The van der Waals surface area contributed by atoms with E-state index in [1.165, 1.54) is 23.9 Å². The molecule has 1 saturated carbocycles. The van der Waals surface area contributed by atoms with Crippen molar-refractivity contribution in [2.24, 2.45) is 0 Å². The Balaban J connectivity index is 1.54.